The van der Waals surface area contributed by atoms with Crippen molar-refractivity contribution >= 4 is 5.91 Å². The van der Waals surface area contributed by atoms with E-state index in [-0.39, 0.29) is 11.3 Å². The summed E-state index contributed by atoms with van der Waals surface area (Å²) in [5.74, 6) is 0.0893. The van der Waals surface area contributed by atoms with Crippen molar-refractivity contribution in [2.45, 2.75) is 26.2 Å². The van der Waals surface area contributed by atoms with E-state index in [1.165, 1.54) is 5.56 Å². The van der Waals surface area contributed by atoms with E-state index in [0.29, 0.717) is 5.56 Å². The Morgan fingerprint density at radius 1 is 1.08 bits per heavy atom. The predicted octanol–water partition coefficient (Wildman–Crippen LogP) is 3.09. The van der Waals surface area contributed by atoms with Crippen LogP contribution in [0.4, 0.5) is 0 Å². The molecule has 2 aromatic rings. The maximum Gasteiger partial charge on any atom is 0.254 e. The highest BCUT2D eigenvalue weighted by Gasteiger charge is 2.19. The zero-order chi connectivity index (χ0) is 17.2. The van der Waals surface area contributed by atoms with Crippen molar-refractivity contribution in [2.75, 3.05) is 26.2 Å². The Balaban J connectivity index is 1.83. The smallest absolute Gasteiger partial charge is 0.254 e. The van der Waals surface area contributed by atoms with Crippen LogP contribution in [0.2, 0.25) is 0 Å². The highest BCUT2D eigenvalue weighted by Crippen LogP contribution is 2.25. The Morgan fingerprint density at radius 2 is 1.75 bits per heavy atom. The molecule has 0 spiro atoms. The molecule has 4 heteroatoms. The molecule has 1 fully saturated rings. The Hall–Kier alpha value is -2.20. The van der Waals surface area contributed by atoms with Gasteiger partial charge in [-0.15, -0.1) is 0 Å². The van der Waals surface area contributed by atoms with Crippen molar-refractivity contribution in [3.05, 3.63) is 53.7 Å². The largest absolute Gasteiger partial charge is 0.336 e. The molecule has 0 atom stereocenters. The molecular weight excluding hydrogens is 298 g/mol. The van der Waals surface area contributed by atoms with Crippen molar-refractivity contribution in [3.63, 3.8) is 0 Å². The molecule has 4 nitrogen and oxygen atoms in total. The molecule has 0 radical (unpaired) electrons. The van der Waals surface area contributed by atoms with E-state index >= 15 is 0 Å². The predicted molar refractivity (Wildman–Crippen MR) is 97.1 cm³/mol. The van der Waals surface area contributed by atoms with Gasteiger partial charge >= 0.3 is 0 Å². The molecule has 1 aromatic heterocycles. The summed E-state index contributed by atoms with van der Waals surface area (Å²) in [5, 5.41) is 3.27. The molecule has 24 heavy (non-hydrogen) atoms. The van der Waals surface area contributed by atoms with Gasteiger partial charge in [0.15, 0.2) is 0 Å². The summed E-state index contributed by atoms with van der Waals surface area (Å²) >= 11 is 0. The lowest BCUT2D eigenvalue weighted by molar-refractivity contribution is 0.0735. The number of nitrogens with one attached hydrogen (secondary N) is 1. The quantitative estimate of drug-likeness (QED) is 0.924. The molecule has 0 aliphatic carbocycles. The normalized spacial score (nSPS) is 15.4. The molecule has 1 saturated heterocycles. The summed E-state index contributed by atoms with van der Waals surface area (Å²) in [6.45, 7) is 9.84. The lowest BCUT2D eigenvalue weighted by atomic mass is 9.86. The minimum atomic E-state index is 0.0893. The van der Waals surface area contributed by atoms with Crippen LogP contribution in [0.3, 0.4) is 0 Å². The second-order valence-electron chi connectivity index (χ2n) is 7.30. The number of aromatic nitrogens is 1. The first-order chi connectivity index (χ1) is 11.4. The van der Waals surface area contributed by atoms with Gasteiger partial charge < -0.3 is 10.2 Å². The van der Waals surface area contributed by atoms with Crippen LogP contribution in [-0.4, -0.2) is 42.0 Å². The third-order valence-corrected chi connectivity index (χ3v) is 4.46. The number of nitrogens with zero attached hydrogens (tertiary/aromatic N) is 2. The number of carbonyl (C=O) groups excluding carboxylic acids is 1. The van der Waals surface area contributed by atoms with Crippen LogP contribution in [-0.2, 0) is 5.41 Å². The number of amides is 1. The molecule has 0 saturated carbocycles. The van der Waals surface area contributed by atoms with Crippen molar-refractivity contribution in [2.24, 2.45) is 0 Å². The number of carbonyl (C=O) groups is 1. The van der Waals surface area contributed by atoms with E-state index < -0.39 is 0 Å². The van der Waals surface area contributed by atoms with Crippen LogP contribution in [0.5, 0.6) is 0 Å². The second kappa shape index (κ2) is 6.73. The van der Waals surface area contributed by atoms with Crippen molar-refractivity contribution in [1.29, 1.82) is 0 Å². The van der Waals surface area contributed by atoms with Gasteiger partial charge in [-0.2, -0.15) is 0 Å². The fourth-order valence-corrected chi connectivity index (χ4v) is 2.91. The van der Waals surface area contributed by atoms with Gasteiger partial charge in [0, 0.05) is 43.5 Å². The van der Waals surface area contributed by atoms with Gasteiger partial charge in [0.25, 0.3) is 5.91 Å². The Kier molecular flexibility index (Phi) is 4.67. The summed E-state index contributed by atoms with van der Waals surface area (Å²) in [6.07, 6.45) is 1.72. The number of piperazine rings is 1. The van der Waals surface area contributed by atoms with E-state index in [2.05, 4.69) is 55.3 Å². The first-order valence-electron chi connectivity index (χ1n) is 8.52. The van der Waals surface area contributed by atoms with Crippen LogP contribution < -0.4 is 5.32 Å². The lowest BCUT2D eigenvalue weighted by Crippen LogP contribution is -2.46. The maximum atomic E-state index is 12.6. The van der Waals surface area contributed by atoms with Crippen molar-refractivity contribution in [1.82, 2.24) is 15.2 Å². The molecule has 1 aliphatic rings. The van der Waals surface area contributed by atoms with E-state index in [9.17, 15) is 4.79 Å². The average molecular weight is 323 g/mol. The van der Waals surface area contributed by atoms with Crippen LogP contribution in [0.1, 0.15) is 36.7 Å². The zero-order valence-corrected chi connectivity index (χ0v) is 14.7. The molecule has 1 aliphatic heterocycles. The van der Waals surface area contributed by atoms with Crippen LogP contribution in [0, 0.1) is 0 Å². The Morgan fingerprint density at radius 3 is 2.38 bits per heavy atom. The molecule has 0 unspecified atom stereocenters. The van der Waals surface area contributed by atoms with Gasteiger partial charge in [0.2, 0.25) is 0 Å². The highest BCUT2D eigenvalue weighted by molar-refractivity contribution is 5.95. The maximum absolute atomic E-state index is 12.6. The third kappa shape index (κ3) is 3.65. The molecule has 2 heterocycles. The van der Waals surface area contributed by atoms with Crippen molar-refractivity contribution < 1.29 is 4.79 Å². The topological polar surface area (TPSA) is 45.2 Å². The van der Waals surface area contributed by atoms with Crippen molar-refractivity contribution in [3.8, 4) is 11.3 Å². The molecule has 0 bridgehead atoms. The van der Waals surface area contributed by atoms with Gasteiger partial charge in [0.1, 0.15) is 0 Å². The summed E-state index contributed by atoms with van der Waals surface area (Å²) in [6, 6.07) is 12.2. The van der Waals surface area contributed by atoms with E-state index in [0.717, 1.165) is 37.4 Å². The fourth-order valence-electron chi connectivity index (χ4n) is 2.91. The summed E-state index contributed by atoms with van der Waals surface area (Å²) < 4.78 is 0. The third-order valence-electron chi connectivity index (χ3n) is 4.46. The highest BCUT2D eigenvalue weighted by atomic mass is 16.2. The Bertz CT molecular complexity index is 710. The molecular formula is C20H25N3O. The summed E-state index contributed by atoms with van der Waals surface area (Å²) in [5.41, 5.74) is 4.02. The van der Waals surface area contributed by atoms with Gasteiger partial charge in [-0.25, -0.2) is 0 Å². The summed E-state index contributed by atoms with van der Waals surface area (Å²) in [4.78, 5) is 19.0. The molecule has 126 valence electrons. The average Bonchev–Trinajstić information content (AvgIpc) is 2.61. The minimum absolute atomic E-state index is 0.0893. The van der Waals surface area contributed by atoms with E-state index in [4.69, 9.17) is 0 Å². The first kappa shape index (κ1) is 16.7. The fraction of sp³-hybridized carbons (Fsp3) is 0.400. The van der Waals surface area contributed by atoms with Gasteiger partial charge in [-0.05, 0) is 23.1 Å². The zero-order valence-electron chi connectivity index (χ0n) is 14.7. The number of hydrogen-bond acceptors (Lipinski definition) is 3. The van der Waals surface area contributed by atoms with E-state index in [1.807, 2.05) is 11.0 Å². The minimum Gasteiger partial charge on any atom is -0.336 e. The molecule has 3 rings (SSSR count). The standard InChI is InChI=1S/C20H25N3O/c1-20(2,3)17-6-4-15(5-7-17)18-14-16(8-9-22-18)19(24)23-12-10-21-11-13-23/h4-9,14,21H,10-13H2,1-3H3. The SMILES string of the molecule is CC(C)(C)c1ccc(-c2cc(C(=O)N3CCNCC3)ccn2)cc1. The number of pyridine rings is 1. The van der Waals surface area contributed by atoms with Gasteiger partial charge in [-0.1, -0.05) is 45.0 Å². The number of rotatable bonds is 2. The van der Waals surface area contributed by atoms with Crippen LogP contribution in [0.25, 0.3) is 11.3 Å². The molecule has 1 aromatic carbocycles. The van der Waals surface area contributed by atoms with Gasteiger partial charge in [-0.3, -0.25) is 9.78 Å². The number of hydrogen-bond donors (Lipinski definition) is 1. The first-order valence-corrected chi connectivity index (χ1v) is 8.52. The second-order valence-corrected chi connectivity index (χ2v) is 7.30. The number of benzene rings is 1. The molecule has 1 amide bonds. The Labute approximate surface area is 143 Å². The lowest BCUT2D eigenvalue weighted by Gasteiger charge is -2.27. The molecule has 1 N–H and O–H groups in total. The summed E-state index contributed by atoms with van der Waals surface area (Å²) in [7, 11) is 0. The van der Waals surface area contributed by atoms with Crippen LogP contribution >= 0.6 is 0 Å². The van der Waals surface area contributed by atoms with Gasteiger partial charge in [0.05, 0.1) is 5.69 Å². The monoisotopic (exact) mass is 323 g/mol. The van der Waals surface area contributed by atoms with Crippen LogP contribution in [0.15, 0.2) is 42.6 Å². The van der Waals surface area contributed by atoms with E-state index in [1.54, 1.807) is 12.3 Å².